The van der Waals surface area contributed by atoms with Crippen LogP contribution in [0.25, 0.3) is 11.0 Å². The average Bonchev–Trinajstić information content (AvgIpc) is 2.74. The van der Waals surface area contributed by atoms with Crippen molar-refractivity contribution in [3.63, 3.8) is 0 Å². The predicted molar refractivity (Wildman–Crippen MR) is 104 cm³/mol. The average molecular weight is 360 g/mol. The minimum atomic E-state index is -0.382. The van der Waals surface area contributed by atoms with E-state index in [0.29, 0.717) is 16.8 Å². The molecule has 2 aromatic carbocycles. The lowest BCUT2D eigenvalue weighted by molar-refractivity contribution is 0.0725. The fraction of sp³-hybridized carbons (Fsp3) is 0.238. The summed E-state index contributed by atoms with van der Waals surface area (Å²) in [4.78, 5) is 36.0. The van der Waals surface area contributed by atoms with Crippen LogP contribution >= 0.6 is 0 Å². The summed E-state index contributed by atoms with van der Waals surface area (Å²) >= 11 is 0. The van der Waals surface area contributed by atoms with Crippen LogP contribution < -0.4 is 5.32 Å². The molecule has 6 nitrogen and oxygen atoms in total. The van der Waals surface area contributed by atoms with E-state index < -0.39 is 0 Å². The van der Waals surface area contributed by atoms with E-state index in [9.17, 15) is 9.59 Å². The van der Waals surface area contributed by atoms with Crippen LogP contribution in [-0.2, 0) is 0 Å². The number of hydrogen-bond donors (Lipinski definition) is 1. The predicted octanol–water partition coefficient (Wildman–Crippen LogP) is 3.51. The molecule has 4 rings (SSSR count). The number of hydrogen-bond acceptors (Lipinski definition) is 4. The van der Waals surface area contributed by atoms with Gasteiger partial charge in [-0.25, -0.2) is 4.98 Å². The Morgan fingerprint density at radius 2 is 1.59 bits per heavy atom. The highest BCUT2D eigenvalue weighted by Gasteiger charge is 2.21. The van der Waals surface area contributed by atoms with Crippen LogP contribution in [0, 0.1) is 0 Å². The summed E-state index contributed by atoms with van der Waals surface area (Å²) in [7, 11) is 0. The van der Waals surface area contributed by atoms with Crippen LogP contribution in [0.1, 0.15) is 40.1 Å². The number of nitrogens with zero attached hydrogens (tertiary/aromatic N) is 3. The van der Waals surface area contributed by atoms with Gasteiger partial charge in [0, 0.05) is 13.1 Å². The third kappa shape index (κ3) is 3.65. The van der Waals surface area contributed by atoms with E-state index in [1.165, 1.54) is 6.20 Å². The van der Waals surface area contributed by atoms with Crippen LogP contribution in [0.15, 0.2) is 54.7 Å². The van der Waals surface area contributed by atoms with Gasteiger partial charge in [-0.15, -0.1) is 0 Å². The zero-order chi connectivity index (χ0) is 18.6. The first-order valence-electron chi connectivity index (χ1n) is 9.14. The van der Waals surface area contributed by atoms with Gasteiger partial charge in [-0.2, -0.15) is 0 Å². The van der Waals surface area contributed by atoms with Crippen molar-refractivity contribution in [1.82, 2.24) is 14.9 Å². The molecule has 1 aromatic heterocycles. The first kappa shape index (κ1) is 17.1. The van der Waals surface area contributed by atoms with Crippen molar-refractivity contribution in [2.24, 2.45) is 0 Å². The number of carbonyl (C=O) groups is 2. The molecule has 0 spiro atoms. The number of para-hydroxylation sites is 3. The van der Waals surface area contributed by atoms with Gasteiger partial charge in [0.15, 0.2) is 0 Å². The molecule has 1 aliphatic rings. The van der Waals surface area contributed by atoms with Crippen LogP contribution in [-0.4, -0.2) is 39.8 Å². The Morgan fingerprint density at radius 3 is 2.41 bits per heavy atom. The molecule has 27 heavy (non-hydrogen) atoms. The lowest BCUT2D eigenvalue weighted by Gasteiger charge is -2.27. The van der Waals surface area contributed by atoms with Crippen molar-refractivity contribution in [2.45, 2.75) is 19.3 Å². The molecule has 0 aliphatic carbocycles. The summed E-state index contributed by atoms with van der Waals surface area (Å²) < 4.78 is 0. The Kier molecular flexibility index (Phi) is 4.78. The van der Waals surface area contributed by atoms with Gasteiger partial charge in [-0.05, 0) is 43.5 Å². The first-order valence-corrected chi connectivity index (χ1v) is 9.14. The minimum absolute atomic E-state index is 0.0461. The highest BCUT2D eigenvalue weighted by Crippen LogP contribution is 2.21. The fourth-order valence-electron chi connectivity index (χ4n) is 3.30. The molecule has 1 N–H and O–H groups in total. The maximum atomic E-state index is 12.9. The molecule has 0 unspecified atom stereocenters. The normalized spacial score (nSPS) is 14.1. The standard InChI is InChI=1S/C21H20N4O2/c26-20(19-14-22-17-10-4-5-11-18(17)23-19)24-16-9-3-2-8-15(16)21(27)25-12-6-1-7-13-25/h2-5,8-11,14H,1,6-7,12-13H2,(H,24,26). The largest absolute Gasteiger partial charge is 0.339 e. The van der Waals surface area contributed by atoms with E-state index >= 15 is 0 Å². The number of aromatic nitrogens is 2. The molecule has 0 atom stereocenters. The van der Waals surface area contributed by atoms with E-state index in [4.69, 9.17) is 0 Å². The topological polar surface area (TPSA) is 75.2 Å². The second kappa shape index (κ2) is 7.53. The molecule has 6 heteroatoms. The SMILES string of the molecule is O=C(Nc1ccccc1C(=O)N1CCCCC1)c1cnc2ccccc2n1. The Labute approximate surface area is 157 Å². The van der Waals surface area contributed by atoms with E-state index in [0.717, 1.165) is 37.9 Å². The quantitative estimate of drug-likeness (QED) is 0.776. The summed E-state index contributed by atoms with van der Waals surface area (Å²) in [5.74, 6) is -0.428. The lowest BCUT2D eigenvalue weighted by atomic mass is 10.1. The molecular formula is C21H20N4O2. The monoisotopic (exact) mass is 360 g/mol. The number of rotatable bonds is 3. The van der Waals surface area contributed by atoms with E-state index in [1.807, 2.05) is 35.2 Å². The number of carbonyl (C=O) groups excluding carboxylic acids is 2. The Balaban J connectivity index is 1.58. The highest BCUT2D eigenvalue weighted by atomic mass is 16.2. The van der Waals surface area contributed by atoms with Gasteiger partial charge in [0.25, 0.3) is 11.8 Å². The number of likely N-dealkylation sites (tertiary alicyclic amines) is 1. The van der Waals surface area contributed by atoms with Crippen molar-refractivity contribution in [3.8, 4) is 0 Å². The second-order valence-corrected chi connectivity index (χ2v) is 6.60. The molecule has 2 heterocycles. The van der Waals surface area contributed by atoms with E-state index in [1.54, 1.807) is 18.2 Å². The Hall–Kier alpha value is -3.28. The zero-order valence-electron chi connectivity index (χ0n) is 14.9. The van der Waals surface area contributed by atoms with Crippen molar-refractivity contribution >= 4 is 28.5 Å². The van der Waals surface area contributed by atoms with Gasteiger partial charge >= 0.3 is 0 Å². The second-order valence-electron chi connectivity index (χ2n) is 6.60. The van der Waals surface area contributed by atoms with Crippen molar-refractivity contribution in [1.29, 1.82) is 0 Å². The molecule has 1 aliphatic heterocycles. The molecule has 0 bridgehead atoms. The van der Waals surface area contributed by atoms with Gasteiger partial charge < -0.3 is 10.2 Å². The first-order chi connectivity index (χ1) is 13.2. The van der Waals surface area contributed by atoms with Crippen LogP contribution in [0.3, 0.4) is 0 Å². The number of nitrogens with one attached hydrogen (secondary N) is 1. The van der Waals surface area contributed by atoms with Crippen molar-refractivity contribution < 1.29 is 9.59 Å². The molecule has 1 saturated heterocycles. The third-order valence-electron chi connectivity index (χ3n) is 4.73. The van der Waals surface area contributed by atoms with Gasteiger partial charge in [0.2, 0.25) is 0 Å². The maximum absolute atomic E-state index is 12.9. The summed E-state index contributed by atoms with van der Waals surface area (Å²) in [6.45, 7) is 1.52. The summed E-state index contributed by atoms with van der Waals surface area (Å²) in [6, 6.07) is 14.5. The molecule has 2 amide bonds. The zero-order valence-corrected chi connectivity index (χ0v) is 14.9. The van der Waals surface area contributed by atoms with Gasteiger partial charge in [0.05, 0.1) is 28.5 Å². The van der Waals surface area contributed by atoms with Crippen LogP contribution in [0.2, 0.25) is 0 Å². The fourth-order valence-corrected chi connectivity index (χ4v) is 3.30. The lowest BCUT2D eigenvalue weighted by Crippen LogP contribution is -2.36. The molecule has 136 valence electrons. The molecule has 0 saturated carbocycles. The number of benzene rings is 2. The van der Waals surface area contributed by atoms with Crippen molar-refractivity contribution in [2.75, 3.05) is 18.4 Å². The number of fused-ring (bicyclic) bond motifs is 1. The summed E-state index contributed by atoms with van der Waals surface area (Å²) in [6.07, 6.45) is 4.65. The van der Waals surface area contributed by atoms with Crippen molar-refractivity contribution in [3.05, 3.63) is 66.0 Å². The molecular weight excluding hydrogens is 340 g/mol. The van der Waals surface area contributed by atoms with Gasteiger partial charge in [0.1, 0.15) is 5.69 Å². The van der Waals surface area contributed by atoms with Crippen LogP contribution in [0.5, 0.6) is 0 Å². The van der Waals surface area contributed by atoms with E-state index in [-0.39, 0.29) is 17.5 Å². The summed E-state index contributed by atoms with van der Waals surface area (Å²) in [5, 5.41) is 2.82. The molecule has 0 radical (unpaired) electrons. The number of anilines is 1. The van der Waals surface area contributed by atoms with Gasteiger partial charge in [-0.3, -0.25) is 14.6 Å². The molecule has 3 aromatic rings. The van der Waals surface area contributed by atoms with Crippen LogP contribution in [0.4, 0.5) is 5.69 Å². The maximum Gasteiger partial charge on any atom is 0.275 e. The number of piperidine rings is 1. The van der Waals surface area contributed by atoms with Gasteiger partial charge in [-0.1, -0.05) is 24.3 Å². The molecule has 1 fully saturated rings. The van der Waals surface area contributed by atoms with E-state index in [2.05, 4.69) is 15.3 Å². The Morgan fingerprint density at radius 1 is 0.889 bits per heavy atom. The minimum Gasteiger partial charge on any atom is -0.339 e. The Bertz CT molecular complexity index is 996. The highest BCUT2D eigenvalue weighted by molar-refractivity contribution is 6.08. The summed E-state index contributed by atoms with van der Waals surface area (Å²) in [5.41, 5.74) is 2.60. The smallest absolute Gasteiger partial charge is 0.275 e. The number of amides is 2. The third-order valence-corrected chi connectivity index (χ3v) is 4.73.